The molecule has 0 aromatic carbocycles. The van der Waals surface area contributed by atoms with Crippen LogP contribution in [0.4, 0.5) is 0 Å². The van der Waals surface area contributed by atoms with Gasteiger partial charge >= 0.3 is 0 Å². The summed E-state index contributed by atoms with van der Waals surface area (Å²) in [6.45, 7) is 3.87. The van der Waals surface area contributed by atoms with Crippen molar-refractivity contribution in [2.75, 3.05) is 13.1 Å². The van der Waals surface area contributed by atoms with Crippen LogP contribution in [0, 0.1) is 0 Å². The Hall–Kier alpha value is -0.340. The Bertz CT molecular complexity index is 160. The van der Waals surface area contributed by atoms with E-state index in [1.165, 1.54) is 64.2 Å². The zero-order valence-electron chi connectivity index (χ0n) is 11.7. The fourth-order valence-electron chi connectivity index (χ4n) is 2.11. The standard InChI is InChI=1S/C15H32N2/c1-2-15(11-7-3-5-9-13-16)12-8-4-6-10-14-17/h2H,3-14,16-17H2,1H3. The van der Waals surface area contributed by atoms with Crippen molar-refractivity contribution in [3.8, 4) is 0 Å². The Morgan fingerprint density at radius 2 is 1.12 bits per heavy atom. The molecule has 0 aliphatic carbocycles. The molecule has 0 saturated carbocycles. The van der Waals surface area contributed by atoms with Crippen molar-refractivity contribution in [2.24, 2.45) is 11.5 Å². The van der Waals surface area contributed by atoms with E-state index < -0.39 is 0 Å². The van der Waals surface area contributed by atoms with Crippen LogP contribution in [0.1, 0.15) is 71.1 Å². The van der Waals surface area contributed by atoms with E-state index in [1.54, 1.807) is 5.57 Å². The molecule has 17 heavy (non-hydrogen) atoms. The lowest BCUT2D eigenvalue weighted by atomic mass is 10.00. The third kappa shape index (κ3) is 11.9. The number of hydrogen-bond donors (Lipinski definition) is 2. The molecule has 0 aromatic heterocycles. The molecular formula is C15H32N2. The third-order valence-corrected chi connectivity index (χ3v) is 3.31. The fourth-order valence-corrected chi connectivity index (χ4v) is 2.11. The molecule has 0 heterocycles. The number of rotatable bonds is 12. The topological polar surface area (TPSA) is 52.0 Å². The number of unbranched alkanes of at least 4 members (excludes halogenated alkanes) is 6. The predicted octanol–water partition coefficient (Wildman–Crippen LogP) is 3.75. The Labute approximate surface area is 108 Å². The monoisotopic (exact) mass is 240 g/mol. The quantitative estimate of drug-likeness (QED) is 0.403. The van der Waals surface area contributed by atoms with E-state index in [-0.39, 0.29) is 0 Å². The van der Waals surface area contributed by atoms with E-state index in [4.69, 9.17) is 11.5 Å². The molecule has 0 atom stereocenters. The Morgan fingerprint density at radius 1 is 0.706 bits per heavy atom. The molecule has 0 amide bonds. The Kier molecular flexibility index (Phi) is 13.4. The molecule has 0 spiro atoms. The minimum Gasteiger partial charge on any atom is -0.330 e. The second kappa shape index (κ2) is 13.7. The molecule has 0 aromatic rings. The average Bonchev–Trinajstić information content (AvgIpc) is 2.36. The first kappa shape index (κ1) is 16.7. The van der Waals surface area contributed by atoms with Crippen LogP contribution in [-0.4, -0.2) is 13.1 Å². The maximum atomic E-state index is 5.48. The summed E-state index contributed by atoms with van der Waals surface area (Å²) < 4.78 is 0. The van der Waals surface area contributed by atoms with Gasteiger partial charge in [0.15, 0.2) is 0 Å². The summed E-state index contributed by atoms with van der Waals surface area (Å²) in [5.41, 5.74) is 12.6. The molecule has 2 nitrogen and oxygen atoms in total. The van der Waals surface area contributed by atoms with Gasteiger partial charge in [0.05, 0.1) is 0 Å². The van der Waals surface area contributed by atoms with Crippen LogP contribution in [0.2, 0.25) is 0 Å². The first-order valence-corrected chi connectivity index (χ1v) is 7.39. The summed E-state index contributed by atoms with van der Waals surface area (Å²) in [7, 11) is 0. The fraction of sp³-hybridized carbons (Fsp3) is 0.867. The predicted molar refractivity (Wildman–Crippen MR) is 78.0 cm³/mol. The van der Waals surface area contributed by atoms with Gasteiger partial charge in [-0.05, 0) is 58.5 Å². The second-order valence-electron chi connectivity index (χ2n) is 4.85. The highest BCUT2D eigenvalue weighted by Crippen LogP contribution is 2.17. The van der Waals surface area contributed by atoms with Gasteiger partial charge < -0.3 is 11.5 Å². The minimum atomic E-state index is 0.845. The molecular weight excluding hydrogens is 208 g/mol. The van der Waals surface area contributed by atoms with Crippen molar-refractivity contribution < 1.29 is 0 Å². The van der Waals surface area contributed by atoms with Gasteiger partial charge in [-0.1, -0.05) is 37.3 Å². The summed E-state index contributed by atoms with van der Waals surface area (Å²) in [5.74, 6) is 0. The molecule has 0 radical (unpaired) electrons. The van der Waals surface area contributed by atoms with E-state index in [1.807, 2.05) is 0 Å². The molecule has 0 aliphatic rings. The molecule has 2 heteroatoms. The molecule has 0 rings (SSSR count). The summed E-state index contributed by atoms with van der Waals surface area (Å²) >= 11 is 0. The van der Waals surface area contributed by atoms with Crippen molar-refractivity contribution >= 4 is 0 Å². The SMILES string of the molecule is CC=C(CCCCCCN)CCCCCCN. The number of nitrogens with two attached hydrogens (primary N) is 2. The van der Waals surface area contributed by atoms with Gasteiger partial charge in [-0.3, -0.25) is 0 Å². The zero-order chi connectivity index (χ0) is 12.8. The highest BCUT2D eigenvalue weighted by atomic mass is 14.5. The van der Waals surface area contributed by atoms with Crippen molar-refractivity contribution in [2.45, 2.75) is 71.1 Å². The number of hydrogen-bond acceptors (Lipinski definition) is 2. The van der Waals surface area contributed by atoms with Crippen molar-refractivity contribution in [3.63, 3.8) is 0 Å². The Morgan fingerprint density at radius 3 is 1.47 bits per heavy atom. The molecule has 0 saturated heterocycles. The summed E-state index contributed by atoms with van der Waals surface area (Å²) in [6.07, 6.45) is 15.2. The van der Waals surface area contributed by atoms with Crippen LogP contribution >= 0.6 is 0 Å². The lowest BCUT2D eigenvalue weighted by Crippen LogP contribution is -1.98. The summed E-state index contributed by atoms with van der Waals surface area (Å²) in [5, 5.41) is 0. The van der Waals surface area contributed by atoms with Gasteiger partial charge in [0.2, 0.25) is 0 Å². The van der Waals surface area contributed by atoms with Gasteiger partial charge in [-0.25, -0.2) is 0 Å². The third-order valence-electron chi connectivity index (χ3n) is 3.31. The number of allylic oxidation sites excluding steroid dienone is 2. The molecule has 0 bridgehead atoms. The highest BCUT2D eigenvalue weighted by Gasteiger charge is 1.97. The van der Waals surface area contributed by atoms with Gasteiger partial charge in [0, 0.05) is 0 Å². The van der Waals surface area contributed by atoms with Crippen LogP contribution in [0.3, 0.4) is 0 Å². The van der Waals surface area contributed by atoms with Crippen LogP contribution in [0.5, 0.6) is 0 Å². The Balaban J connectivity index is 3.37. The van der Waals surface area contributed by atoms with E-state index in [9.17, 15) is 0 Å². The van der Waals surface area contributed by atoms with Gasteiger partial charge in [0.25, 0.3) is 0 Å². The van der Waals surface area contributed by atoms with Crippen LogP contribution in [0.25, 0.3) is 0 Å². The summed E-state index contributed by atoms with van der Waals surface area (Å²) in [6, 6.07) is 0. The zero-order valence-corrected chi connectivity index (χ0v) is 11.7. The van der Waals surface area contributed by atoms with Gasteiger partial charge in [-0.2, -0.15) is 0 Å². The maximum absolute atomic E-state index is 5.48. The molecule has 0 unspecified atom stereocenters. The van der Waals surface area contributed by atoms with Crippen LogP contribution < -0.4 is 11.5 Å². The highest BCUT2D eigenvalue weighted by molar-refractivity contribution is 4.99. The van der Waals surface area contributed by atoms with E-state index in [0.29, 0.717) is 0 Å². The normalized spacial score (nSPS) is 10.5. The summed E-state index contributed by atoms with van der Waals surface area (Å²) in [4.78, 5) is 0. The largest absolute Gasteiger partial charge is 0.330 e. The smallest absolute Gasteiger partial charge is 0.00773 e. The van der Waals surface area contributed by atoms with Gasteiger partial charge in [0.1, 0.15) is 0 Å². The first-order chi connectivity index (χ1) is 8.35. The average molecular weight is 240 g/mol. The minimum absolute atomic E-state index is 0.845. The first-order valence-electron chi connectivity index (χ1n) is 7.39. The second-order valence-corrected chi connectivity index (χ2v) is 4.85. The maximum Gasteiger partial charge on any atom is -0.00773 e. The van der Waals surface area contributed by atoms with E-state index in [0.717, 1.165) is 13.1 Å². The molecule has 0 aliphatic heterocycles. The lowest BCUT2D eigenvalue weighted by Gasteiger charge is -2.07. The van der Waals surface area contributed by atoms with Crippen molar-refractivity contribution in [1.29, 1.82) is 0 Å². The lowest BCUT2D eigenvalue weighted by molar-refractivity contribution is 0.610. The van der Waals surface area contributed by atoms with Crippen molar-refractivity contribution in [1.82, 2.24) is 0 Å². The van der Waals surface area contributed by atoms with Gasteiger partial charge in [-0.15, -0.1) is 0 Å². The molecule has 102 valence electrons. The van der Waals surface area contributed by atoms with Crippen LogP contribution in [-0.2, 0) is 0 Å². The van der Waals surface area contributed by atoms with E-state index >= 15 is 0 Å². The molecule has 0 fully saturated rings. The molecule has 4 N–H and O–H groups in total. The van der Waals surface area contributed by atoms with Crippen LogP contribution in [0.15, 0.2) is 11.6 Å². The van der Waals surface area contributed by atoms with E-state index in [2.05, 4.69) is 13.0 Å². The van der Waals surface area contributed by atoms with Crippen molar-refractivity contribution in [3.05, 3.63) is 11.6 Å².